The summed E-state index contributed by atoms with van der Waals surface area (Å²) in [6, 6.07) is -3.75. The monoisotopic (exact) mass is 961 g/mol. The average Bonchev–Trinajstić information content (AvgIpc) is 3.96. The van der Waals surface area contributed by atoms with E-state index in [-0.39, 0.29) is 51.1 Å². The lowest BCUT2D eigenvalue weighted by molar-refractivity contribution is -0.143. The number of amides is 7. The number of carboxylic acids is 1. The fourth-order valence-corrected chi connectivity index (χ4v) is 7.72. The number of hydrogen-bond acceptors (Lipinski definition) is 15. The van der Waals surface area contributed by atoms with Gasteiger partial charge in [-0.3, -0.25) is 38.9 Å². The molecule has 0 unspecified atom stereocenters. The highest BCUT2D eigenvalue weighted by atomic mass is 16.4. The van der Waals surface area contributed by atoms with Gasteiger partial charge in [0.15, 0.2) is 0 Å². The summed E-state index contributed by atoms with van der Waals surface area (Å²) in [5.41, 5.74) is 18.3. The van der Waals surface area contributed by atoms with E-state index in [0.717, 1.165) is 10.9 Å². The number of aliphatic carboxylic acids is 1. The Balaban J connectivity index is 1.85. The number of rotatable bonds is 28. The Morgan fingerprint density at radius 1 is 0.779 bits per heavy atom. The fraction of sp³-hybridized carbons (Fsp3) is 0.636. The summed E-state index contributed by atoms with van der Waals surface area (Å²) in [5.74, 6) is -7.84. The molecule has 10 atom stereocenters. The average molecular weight is 961 g/mol. The van der Waals surface area contributed by atoms with Crippen LogP contribution < -0.4 is 54.4 Å². The molecule has 2 aromatic rings. The number of carboxylic acid groups (broad SMARTS) is 1. The van der Waals surface area contributed by atoms with Crippen molar-refractivity contribution in [3.05, 3.63) is 36.0 Å². The number of aromatic nitrogens is 1. The van der Waals surface area contributed by atoms with Gasteiger partial charge in [-0.2, -0.15) is 0 Å². The maximum absolute atomic E-state index is 14.6. The Morgan fingerprint density at radius 2 is 1.40 bits per heavy atom. The molecule has 0 bridgehead atoms. The van der Waals surface area contributed by atoms with Gasteiger partial charge < -0.3 is 79.4 Å². The minimum absolute atomic E-state index is 0.0409. The maximum atomic E-state index is 14.6. The molecule has 24 heteroatoms. The van der Waals surface area contributed by atoms with Gasteiger partial charge in [-0.1, -0.05) is 52.3 Å². The van der Waals surface area contributed by atoms with Gasteiger partial charge in [0.25, 0.3) is 0 Å². The molecule has 1 aliphatic rings. The van der Waals surface area contributed by atoms with Crippen LogP contribution in [0.25, 0.3) is 10.9 Å². The molecule has 1 saturated heterocycles. The minimum Gasteiger partial charge on any atom is -0.480 e. The van der Waals surface area contributed by atoms with Crippen molar-refractivity contribution in [2.45, 2.75) is 140 Å². The third-order valence-corrected chi connectivity index (χ3v) is 11.8. The van der Waals surface area contributed by atoms with Gasteiger partial charge in [-0.05, 0) is 69.0 Å². The Hall–Kier alpha value is -5.76. The van der Waals surface area contributed by atoms with Gasteiger partial charge in [0.2, 0.25) is 41.4 Å². The van der Waals surface area contributed by atoms with Crippen LogP contribution in [0.4, 0.5) is 0 Å². The number of carbonyl (C=O) groups is 8. The van der Waals surface area contributed by atoms with Gasteiger partial charge in [0, 0.05) is 30.1 Å². The molecule has 24 nitrogen and oxygen atoms in total. The molecule has 0 saturated carbocycles. The second kappa shape index (κ2) is 27.3. The van der Waals surface area contributed by atoms with Crippen molar-refractivity contribution in [2.24, 2.45) is 29.0 Å². The summed E-state index contributed by atoms with van der Waals surface area (Å²) in [5, 5.41) is 58.6. The third kappa shape index (κ3) is 16.5. The Morgan fingerprint density at radius 3 is 2.00 bits per heavy atom. The van der Waals surface area contributed by atoms with Crippen molar-refractivity contribution < 1.29 is 58.8 Å². The van der Waals surface area contributed by atoms with Crippen molar-refractivity contribution in [2.75, 3.05) is 26.3 Å². The Kier molecular flexibility index (Phi) is 22.7. The number of fused-ring (bicyclic) bond motifs is 1. The quantitative estimate of drug-likeness (QED) is 0.0286. The van der Waals surface area contributed by atoms with Crippen LogP contribution in [-0.4, -0.2) is 165 Å². The lowest BCUT2D eigenvalue weighted by atomic mass is 9.96. The molecule has 0 aliphatic carbocycles. The molecule has 0 spiro atoms. The largest absolute Gasteiger partial charge is 0.480 e. The number of carbonyl (C=O) groups excluding carboxylic acids is 7. The van der Waals surface area contributed by atoms with Gasteiger partial charge >= 0.3 is 5.97 Å². The van der Waals surface area contributed by atoms with Gasteiger partial charge in [-0.25, -0.2) is 4.79 Å². The fourth-order valence-electron chi connectivity index (χ4n) is 7.72. The molecule has 1 aromatic heterocycles. The van der Waals surface area contributed by atoms with E-state index >= 15 is 0 Å². The van der Waals surface area contributed by atoms with Crippen LogP contribution in [0.15, 0.2) is 30.5 Å². The predicted octanol–water partition coefficient (Wildman–Crippen LogP) is -3.95. The van der Waals surface area contributed by atoms with Crippen molar-refractivity contribution in [1.29, 1.82) is 0 Å². The van der Waals surface area contributed by atoms with Crippen molar-refractivity contribution in [1.82, 2.24) is 47.1 Å². The first-order valence-electron chi connectivity index (χ1n) is 22.9. The number of nitrogens with one attached hydrogen (secondary N) is 8. The number of nitrogens with two attached hydrogens (primary N) is 3. The summed E-state index contributed by atoms with van der Waals surface area (Å²) in [6.45, 7) is 6.82. The van der Waals surface area contributed by atoms with Crippen molar-refractivity contribution >= 4 is 58.2 Å². The zero-order valence-electron chi connectivity index (χ0n) is 39.3. The first kappa shape index (κ1) is 56.6. The normalized spacial score (nSPS) is 17.8. The molecule has 1 fully saturated rings. The molecule has 7 amide bonds. The van der Waals surface area contributed by atoms with Crippen LogP contribution in [-0.2, 0) is 44.8 Å². The van der Waals surface area contributed by atoms with Gasteiger partial charge in [0.05, 0.1) is 19.3 Å². The highest BCUT2D eigenvalue weighted by Crippen LogP contribution is 2.24. The van der Waals surface area contributed by atoms with Crippen LogP contribution in [0.1, 0.15) is 78.7 Å². The molecule has 68 heavy (non-hydrogen) atoms. The van der Waals surface area contributed by atoms with Gasteiger partial charge in [-0.15, -0.1) is 0 Å². The lowest BCUT2D eigenvalue weighted by Gasteiger charge is -2.31. The molecule has 1 aliphatic heterocycles. The molecule has 0 radical (unpaired) electrons. The number of aliphatic hydroxyl groups excluding tert-OH is 3. The first-order valence-corrected chi connectivity index (χ1v) is 22.9. The predicted molar refractivity (Wildman–Crippen MR) is 248 cm³/mol. The van der Waals surface area contributed by atoms with E-state index in [2.05, 4.69) is 42.2 Å². The van der Waals surface area contributed by atoms with E-state index in [0.29, 0.717) is 18.4 Å². The standard InChI is InChI=1S/C44H72N12O12/c1-6-23(4)34(40(64)52-31(43(67)68)17-22(2)3)54-38(62)32(21-58)53-41(65)35(24(5)59)55-39(63)33-14-10-16-56(33)42(66)30(18-25-19-49-28-12-8-7-11-26(25)28)51-37(61)29(13-9-15-48-44(46)47)50-36(60)27(45)20-57/h7-8,11-12,19,22-24,27,29-35,44,48-49,57-59H,6,9-10,13-18,20-21,45-47H2,1-5H3,(H,50,60)(H,51,61)(H,52,64)(H,53,65)(H,54,62)(H,55,63)(H,67,68)/t23-,24+,27-,29-,30-,31-,32-,33-,34-,35-/m0/s1. The number of H-pyrrole nitrogens is 1. The zero-order chi connectivity index (χ0) is 50.8. The van der Waals surface area contributed by atoms with Crippen LogP contribution >= 0.6 is 0 Å². The van der Waals surface area contributed by atoms with Crippen molar-refractivity contribution in [3.8, 4) is 0 Å². The number of aliphatic hydroxyl groups is 3. The summed E-state index contributed by atoms with van der Waals surface area (Å²) in [6.07, 6.45) is 0.477. The van der Waals surface area contributed by atoms with Gasteiger partial charge in [0.1, 0.15) is 54.6 Å². The lowest BCUT2D eigenvalue weighted by Crippen LogP contribution is -2.62. The number of hydrogen-bond donors (Lipinski definition) is 15. The molecule has 18 N–H and O–H groups in total. The van der Waals surface area contributed by atoms with Crippen LogP contribution in [0.3, 0.4) is 0 Å². The second-order valence-corrected chi connectivity index (χ2v) is 17.7. The third-order valence-electron chi connectivity index (χ3n) is 11.8. The summed E-state index contributed by atoms with van der Waals surface area (Å²) < 4.78 is 0. The highest BCUT2D eigenvalue weighted by molar-refractivity contribution is 5.98. The van der Waals surface area contributed by atoms with Crippen molar-refractivity contribution in [3.63, 3.8) is 0 Å². The maximum Gasteiger partial charge on any atom is 0.326 e. The molecular weight excluding hydrogens is 889 g/mol. The SMILES string of the molecule is CC[C@H](C)[C@H](NC(=O)[C@H](CO)NC(=O)[C@@H](NC(=O)[C@@H]1CCCN1C(=O)[C@H](Cc1c[nH]c2ccccc12)NC(=O)[C@H](CCCNC(N)N)NC(=O)[C@@H](N)CO)[C@@H](C)O)C(=O)N[C@@H](CC(C)C)C(=O)O. The van der Waals surface area contributed by atoms with E-state index in [1.807, 2.05) is 18.2 Å². The molecule has 380 valence electrons. The smallest absolute Gasteiger partial charge is 0.326 e. The summed E-state index contributed by atoms with van der Waals surface area (Å²) in [4.78, 5) is 112. The highest BCUT2D eigenvalue weighted by Gasteiger charge is 2.41. The molecule has 1 aromatic carbocycles. The molecular formula is C44H72N12O12. The summed E-state index contributed by atoms with van der Waals surface area (Å²) >= 11 is 0. The van der Waals surface area contributed by atoms with Crippen LogP contribution in [0.5, 0.6) is 0 Å². The Labute approximate surface area is 395 Å². The number of nitrogens with zero attached hydrogens (tertiary/aromatic N) is 1. The number of para-hydroxylation sites is 1. The van der Waals surface area contributed by atoms with Crippen LogP contribution in [0.2, 0.25) is 0 Å². The van der Waals surface area contributed by atoms with Crippen LogP contribution in [0, 0.1) is 11.8 Å². The van der Waals surface area contributed by atoms with E-state index in [4.69, 9.17) is 17.2 Å². The minimum atomic E-state index is -1.72. The summed E-state index contributed by atoms with van der Waals surface area (Å²) in [7, 11) is 0. The molecule has 2 heterocycles. The number of benzene rings is 1. The first-order chi connectivity index (χ1) is 32.1. The van der Waals surface area contributed by atoms with E-state index in [1.165, 1.54) is 11.8 Å². The Bertz CT molecular complexity index is 2030. The van der Waals surface area contributed by atoms with E-state index < -0.39 is 127 Å². The van der Waals surface area contributed by atoms with E-state index in [9.17, 15) is 58.8 Å². The number of likely N-dealkylation sites (tertiary alicyclic amines) is 1. The zero-order valence-corrected chi connectivity index (χ0v) is 39.3. The number of aromatic amines is 1. The van der Waals surface area contributed by atoms with E-state index in [1.54, 1.807) is 40.0 Å². The molecule has 3 rings (SSSR count). The second-order valence-electron chi connectivity index (χ2n) is 17.7. The topological polar surface area (TPSA) is 399 Å².